The van der Waals surface area contributed by atoms with Crippen LogP contribution in [0.25, 0.3) is 0 Å². The average Bonchev–Trinajstić information content (AvgIpc) is 3.32. The van der Waals surface area contributed by atoms with Gasteiger partial charge in [-0.2, -0.15) is 0 Å². The number of pyridine rings is 1. The lowest BCUT2D eigenvalue weighted by Crippen LogP contribution is -2.40. The molecule has 2 fully saturated rings. The third-order valence-electron chi connectivity index (χ3n) is 5.32. The molecule has 2 unspecified atom stereocenters. The number of likely N-dealkylation sites (tertiary alicyclic amines) is 1. The number of ether oxygens (including phenoxy) is 1. The molecule has 1 aromatic heterocycles. The van der Waals surface area contributed by atoms with Gasteiger partial charge in [0.05, 0.1) is 13.0 Å². The van der Waals surface area contributed by atoms with E-state index >= 15 is 0 Å². The second-order valence-electron chi connectivity index (χ2n) is 7.13. The maximum Gasteiger partial charge on any atom is 0.310 e. The number of aliphatic imine (C=N–C) groups is 1. The summed E-state index contributed by atoms with van der Waals surface area (Å²) in [5, 5.41) is 3.38. The second kappa shape index (κ2) is 10.1. The molecular formula is C19H30IN5O2. The Morgan fingerprint density at radius 3 is 2.67 bits per heavy atom. The number of methoxy groups -OCH3 is 1. The Kier molecular flexibility index (Phi) is 8.12. The number of hydrogen-bond donors (Lipinski definition) is 1. The van der Waals surface area contributed by atoms with E-state index in [1.54, 1.807) is 7.05 Å². The van der Waals surface area contributed by atoms with Crippen molar-refractivity contribution in [1.29, 1.82) is 0 Å². The van der Waals surface area contributed by atoms with Crippen LogP contribution >= 0.6 is 24.0 Å². The minimum Gasteiger partial charge on any atom is -0.469 e. The molecule has 150 valence electrons. The second-order valence-corrected chi connectivity index (χ2v) is 7.13. The highest BCUT2D eigenvalue weighted by Gasteiger charge is 2.36. The summed E-state index contributed by atoms with van der Waals surface area (Å²) in [7, 11) is 3.22. The molecule has 0 aliphatic carbocycles. The molecular weight excluding hydrogens is 457 g/mol. The lowest BCUT2D eigenvalue weighted by Gasteiger charge is -2.22. The van der Waals surface area contributed by atoms with Crippen LogP contribution in [0.1, 0.15) is 25.3 Å². The van der Waals surface area contributed by atoms with Gasteiger partial charge in [-0.1, -0.05) is 13.0 Å². The predicted molar refractivity (Wildman–Crippen MR) is 118 cm³/mol. The first kappa shape index (κ1) is 21.7. The number of nitrogens with zero attached hydrogens (tertiary/aromatic N) is 4. The molecule has 7 nitrogen and oxygen atoms in total. The molecule has 2 aliphatic rings. The Morgan fingerprint density at radius 1 is 1.33 bits per heavy atom. The number of nitrogens with one attached hydrogen (secondary N) is 1. The van der Waals surface area contributed by atoms with E-state index in [4.69, 9.17) is 4.74 Å². The van der Waals surface area contributed by atoms with Gasteiger partial charge in [-0.15, -0.1) is 24.0 Å². The number of aromatic nitrogens is 1. The van der Waals surface area contributed by atoms with Crippen molar-refractivity contribution in [2.75, 3.05) is 45.2 Å². The molecule has 3 heterocycles. The van der Waals surface area contributed by atoms with Crippen molar-refractivity contribution in [1.82, 2.24) is 15.2 Å². The molecule has 3 rings (SSSR count). The number of rotatable bonds is 4. The van der Waals surface area contributed by atoms with Gasteiger partial charge in [0.15, 0.2) is 5.96 Å². The van der Waals surface area contributed by atoms with Gasteiger partial charge < -0.3 is 19.9 Å². The average molecular weight is 487 g/mol. The predicted octanol–water partition coefficient (Wildman–Crippen LogP) is 2.12. The Balaban J connectivity index is 0.00000261. The summed E-state index contributed by atoms with van der Waals surface area (Å²) in [6.45, 7) is 6.38. The summed E-state index contributed by atoms with van der Waals surface area (Å²) in [6.07, 6.45) is 4.43. The fraction of sp³-hybridized carbons (Fsp3) is 0.632. The molecule has 8 heteroatoms. The number of guanidine groups is 1. The van der Waals surface area contributed by atoms with Gasteiger partial charge in [0.2, 0.25) is 0 Å². The van der Waals surface area contributed by atoms with Crippen molar-refractivity contribution in [3.63, 3.8) is 0 Å². The first-order chi connectivity index (χ1) is 12.6. The van der Waals surface area contributed by atoms with E-state index in [0.29, 0.717) is 13.1 Å². The largest absolute Gasteiger partial charge is 0.469 e. The fourth-order valence-corrected chi connectivity index (χ4v) is 3.77. The van der Waals surface area contributed by atoms with E-state index in [-0.39, 0.29) is 41.8 Å². The van der Waals surface area contributed by atoms with Crippen LogP contribution in [0.2, 0.25) is 0 Å². The lowest BCUT2D eigenvalue weighted by atomic mass is 9.99. The minimum absolute atomic E-state index is 0. The van der Waals surface area contributed by atoms with Crippen molar-refractivity contribution in [3.05, 3.63) is 23.9 Å². The van der Waals surface area contributed by atoms with Crippen molar-refractivity contribution < 1.29 is 9.53 Å². The SMILES string of the molecule is CN=C(NCc1ccc(N2CCCC2)nc1)N1CC(C)C(C(=O)OC)C1.I. The van der Waals surface area contributed by atoms with Crippen LogP contribution in [-0.2, 0) is 16.1 Å². The van der Waals surface area contributed by atoms with E-state index < -0.39 is 0 Å². The maximum absolute atomic E-state index is 11.9. The van der Waals surface area contributed by atoms with Gasteiger partial charge >= 0.3 is 5.97 Å². The topological polar surface area (TPSA) is 70.1 Å². The number of carbonyl (C=O) groups is 1. The van der Waals surface area contributed by atoms with Gasteiger partial charge in [-0.3, -0.25) is 9.79 Å². The summed E-state index contributed by atoms with van der Waals surface area (Å²) < 4.78 is 4.91. The van der Waals surface area contributed by atoms with Crippen LogP contribution in [0.5, 0.6) is 0 Å². The summed E-state index contributed by atoms with van der Waals surface area (Å²) >= 11 is 0. The zero-order valence-corrected chi connectivity index (χ0v) is 18.7. The summed E-state index contributed by atoms with van der Waals surface area (Å²) in [5.41, 5.74) is 1.12. The van der Waals surface area contributed by atoms with Crippen LogP contribution in [0, 0.1) is 11.8 Å². The van der Waals surface area contributed by atoms with E-state index in [1.165, 1.54) is 20.0 Å². The van der Waals surface area contributed by atoms with E-state index in [0.717, 1.165) is 37.0 Å². The van der Waals surface area contributed by atoms with Gasteiger partial charge in [0.1, 0.15) is 5.82 Å². The Morgan fingerprint density at radius 2 is 2.07 bits per heavy atom. The van der Waals surface area contributed by atoms with Gasteiger partial charge in [-0.25, -0.2) is 4.98 Å². The van der Waals surface area contributed by atoms with Crippen LogP contribution in [0.3, 0.4) is 0 Å². The zero-order chi connectivity index (χ0) is 18.5. The van der Waals surface area contributed by atoms with Crippen LogP contribution < -0.4 is 10.2 Å². The van der Waals surface area contributed by atoms with Crippen LogP contribution in [0.15, 0.2) is 23.3 Å². The standard InChI is InChI=1S/C19H29N5O2.HI/c1-14-12-24(13-16(14)18(25)26-3)19(20-2)22-11-15-6-7-17(21-10-15)23-8-4-5-9-23;/h6-7,10,14,16H,4-5,8-9,11-13H2,1-3H3,(H,20,22);1H. The molecule has 0 amide bonds. The molecule has 2 atom stereocenters. The molecule has 27 heavy (non-hydrogen) atoms. The van der Waals surface area contributed by atoms with E-state index in [1.807, 2.05) is 6.20 Å². The summed E-state index contributed by atoms with van der Waals surface area (Å²) in [6, 6.07) is 4.21. The van der Waals surface area contributed by atoms with Gasteiger partial charge in [-0.05, 0) is 30.4 Å². The summed E-state index contributed by atoms with van der Waals surface area (Å²) in [5.74, 6) is 1.89. The first-order valence-electron chi connectivity index (χ1n) is 9.35. The van der Waals surface area contributed by atoms with Crippen LogP contribution in [-0.4, -0.2) is 62.1 Å². The number of carbonyl (C=O) groups excluding carboxylic acids is 1. The maximum atomic E-state index is 11.9. The van der Waals surface area contributed by atoms with Crippen molar-refractivity contribution in [3.8, 4) is 0 Å². The molecule has 2 saturated heterocycles. The van der Waals surface area contributed by atoms with E-state index in [9.17, 15) is 4.79 Å². The number of anilines is 1. The van der Waals surface area contributed by atoms with Crippen LogP contribution in [0.4, 0.5) is 5.82 Å². The Hall–Kier alpha value is -1.58. The molecule has 0 bridgehead atoms. The van der Waals surface area contributed by atoms with E-state index in [2.05, 4.69) is 44.1 Å². The molecule has 1 aromatic rings. The number of hydrogen-bond acceptors (Lipinski definition) is 5. The molecule has 1 N–H and O–H groups in total. The lowest BCUT2D eigenvalue weighted by molar-refractivity contribution is -0.145. The van der Waals surface area contributed by atoms with Crippen molar-refractivity contribution >= 4 is 41.7 Å². The highest BCUT2D eigenvalue weighted by atomic mass is 127. The summed E-state index contributed by atoms with van der Waals surface area (Å²) in [4.78, 5) is 25.3. The molecule has 0 spiro atoms. The Bertz CT molecular complexity index is 646. The third kappa shape index (κ3) is 5.24. The van der Waals surface area contributed by atoms with Crippen molar-refractivity contribution in [2.24, 2.45) is 16.8 Å². The molecule has 0 saturated carbocycles. The fourth-order valence-electron chi connectivity index (χ4n) is 3.77. The normalized spacial score (nSPS) is 22.6. The Labute approximate surface area is 178 Å². The number of esters is 1. The zero-order valence-electron chi connectivity index (χ0n) is 16.4. The first-order valence-corrected chi connectivity index (χ1v) is 9.35. The van der Waals surface area contributed by atoms with Crippen molar-refractivity contribution in [2.45, 2.75) is 26.3 Å². The highest BCUT2D eigenvalue weighted by molar-refractivity contribution is 14.0. The smallest absolute Gasteiger partial charge is 0.310 e. The van der Waals surface area contributed by atoms with Gasteiger partial charge in [0.25, 0.3) is 0 Å². The third-order valence-corrected chi connectivity index (χ3v) is 5.32. The highest BCUT2D eigenvalue weighted by Crippen LogP contribution is 2.24. The molecule has 2 aliphatic heterocycles. The van der Waals surface area contributed by atoms with Gasteiger partial charge in [0, 0.05) is 46.0 Å². The number of halogens is 1. The molecule has 0 aromatic carbocycles. The minimum atomic E-state index is -0.142. The molecule has 0 radical (unpaired) electrons. The quantitative estimate of drug-likeness (QED) is 0.304. The monoisotopic (exact) mass is 487 g/mol.